The number of rotatable bonds is 17. The van der Waals surface area contributed by atoms with Gasteiger partial charge < -0.3 is 36.6 Å². The van der Waals surface area contributed by atoms with E-state index in [4.69, 9.17) is 10.5 Å². The summed E-state index contributed by atoms with van der Waals surface area (Å²) >= 11 is 0. The number of guanidine groups is 1. The molecule has 5 rings (SSSR count). The van der Waals surface area contributed by atoms with Crippen LogP contribution in [0, 0.1) is 10.1 Å². The molecule has 17 nitrogen and oxygen atoms in total. The molecule has 0 aromatic heterocycles. The van der Waals surface area contributed by atoms with Gasteiger partial charge in [0.15, 0.2) is 5.03 Å². The molecule has 0 radical (unpaired) electrons. The minimum absolute atomic E-state index is 0.147. The van der Waals surface area contributed by atoms with Crippen molar-refractivity contribution in [1.82, 2.24) is 31.6 Å². The number of hydrogen-bond donors (Lipinski definition) is 6. The summed E-state index contributed by atoms with van der Waals surface area (Å²) in [6.45, 7) is 5.56. The smallest absolute Gasteiger partial charge is 0.408 e. The molecule has 0 bridgehead atoms. The first kappa shape index (κ1) is 45.8. The van der Waals surface area contributed by atoms with Crippen molar-refractivity contribution >= 4 is 36.1 Å². The van der Waals surface area contributed by atoms with Gasteiger partial charge in [-0.15, -0.1) is 0 Å². The van der Waals surface area contributed by atoms with E-state index < -0.39 is 64.7 Å². The molecule has 4 atom stereocenters. The van der Waals surface area contributed by atoms with E-state index in [1.807, 2.05) is 121 Å². The SMILES string of the molecule is CC(C)(C)OC(=O)NC(Cc1ccccc1)C(=O)N1CCC(c2ccccc2)C1C(=O)N[C@H](/C=N/NC(=O)NC(c1ccccc1)c1ccccc1)CCCN/C(N)=N\[N+](=O)[O-]. The summed E-state index contributed by atoms with van der Waals surface area (Å²) in [6, 6.07) is 33.6. The van der Waals surface area contributed by atoms with Crippen molar-refractivity contribution in [3.8, 4) is 0 Å². The Kier molecular flexibility index (Phi) is 16.5. The number of ether oxygens (including phenoxy) is 1. The first-order valence-corrected chi connectivity index (χ1v) is 20.4. The second-order valence-electron chi connectivity index (χ2n) is 15.7. The van der Waals surface area contributed by atoms with Crippen LogP contribution >= 0.6 is 0 Å². The first-order valence-electron chi connectivity index (χ1n) is 20.4. The summed E-state index contributed by atoms with van der Waals surface area (Å²) in [7, 11) is 0. The molecule has 1 fully saturated rings. The number of alkyl carbamates (subject to hydrolysis) is 1. The fourth-order valence-corrected chi connectivity index (χ4v) is 7.23. The van der Waals surface area contributed by atoms with E-state index in [2.05, 4.69) is 36.9 Å². The van der Waals surface area contributed by atoms with E-state index in [9.17, 15) is 29.3 Å². The number of nitrogens with one attached hydrogen (secondary N) is 5. The van der Waals surface area contributed by atoms with Gasteiger partial charge in [-0.2, -0.15) is 5.10 Å². The third-order valence-corrected chi connectivity index (χ3v) is 9.93. The quantitative estimate of drug-likeness (QED) is 0.0277. The lowest BCUT2D eigenvalue weighted by Crippen LogP contribution is -2.56. The van der Waals surface area contributed by atoms with Gasteiger partial charge in [-0.3, -0.25) is 9.59 Å². The van der Waals surface area contributed by atoms with Crippen molar-refractivity contribution in [3.05, 3.63) is 154 Å². The van der Waals surface area contributed by atoms with Crippen LogP contribution in [0.1, 0.15) is 74.2 Å². The number of nitro groups is 1. The molecule has 1 saturated heterocycles. The zero-order valence-corrected chi connectivity index (χ0v) is 35.0. The largest absolute Gasteiger partial charge is 0.444 e. The maximum atomic E-state index is 14.7. The first-order chi connectivity index (χ1) is 29.8. The average molecular weight is 847 g/mol. The highest BCUT2D eigenvalue weighted by atomic mass is 16.7. The van der Waals surface area contributed by atoms with Gasteiger partial charge in [0.05, 0.1) is 12.1 Å². The van der Waals surface area contributed by atoms with Crippen molar-refractivity contribution in [2.45, 2.75) is 82.1 Å². The molecular formula is C45H54N10O7. The van der Waals surface area contributed by atoms with E-state index in [1.54, 1.807) is 20.8 Å². The van der Waals surface area contributed by atoms with Crippen LogP contribution in [0.15, 0.2) is 132 Å². The number of carbonyl (C=O) groups excluding carboxylic acids is 4. The van der Waals surface area contributed by atoms with Gasteiger partial charge in [0.1, 0.15) is 22.8 Å². The molecule has 7 N–H and O–H groups in total. The van der Waals surface area contributed by atoms with Crippen molar-refractivity contribution in [2.75, 3.05) is 13.1 Å². The van der Waals surface area contributed by atoms with Crippen LogP contribution in [-0.2, 0) is 20.7 Å². The molecule has 0 spiro atoms. The predicted molar refractivity (Wildman–Crippen MR) is 235 cm³/mol. The molecule has 0 saturated carbocycles. The Hall–Kier alpha value is -7.30. The standard InChI is InChI=1S/C45H54N10O7/c1-45(2,3)62-44(59)50-37(29-31-17-8-4-9-18-31)41(57)54-28-26-36(32-19-10-5-11-20-32)39(54)40(56)49-35(25-16-27-47-42(46)53-55(60)61)30-48-52-43(58)51-38(33-21-12-6-13-22-33)34-23-14-7-15-24-34/h4-15,17-24,30,35-39H,16,25-29H2,1-3H3,(H,49,56)(H,50,59)(H3,46,47,53)(H2,51,52,58)/b48-30+/t35-,36?,37?,39?/m0/s1. The fourth-order valence-electron chi connectivity index (χ4n) is 7.23. The van der Waals surface area contributed by atoms with Crippen molar-refractivity contribution in [1.29, 1.82) is 0 Å². The molecule has 4 aromatic rings. The maximum absolute atomic E-state index is 14.7. The topological polar surface area (TPSA) is 235 Å². The minimum Gasteiger partial charge on any atom is -0.444 e. The molecule has 4 aromatic carbocycles. The lowest BCUT2D eigenvalue weighted by atomic mass is 9.90. The second kappa shape index (κ2) is 22.3. The number of carbonyl (C=O) groups is 4. The number of hydrazone groups is 2. The molecule has 1 aliphatic rings. The van der Waals surface area contributed by atoms with Gasteiger partial charge in [0.2, 0.25) is 11.8 Å². The van der Waals surface area contributed by atoms with Gasteiger partial charge in [-0.25, -0.2) is 25.1 Å². The van der Waals surface area contributed by atoms with Crippen LogP contribution in [0.3, 0.4) is 0 Å². The van der Waals surface area contributed by atoms with E-state index in [-0.39, 0.29) is 31.9 Å². The van der Waals surface area contributed by atoms with E-state index >= 15 is 0 Å². The number of likely N-dealkylation sites (tertiary alicyclic amines) is 1. The highest BCUT2D eigenvalue weighted by Crippen LogP contribution is 2.34. The number of benzene rings is 4. The minimum atomic E-state index is -1.06. The Bertz CT molecular complexity index is 2110. The Morgan fingerprint density at radius 2 is 1.45 bits per heavy atom. The summed E-state index contributed by atoms with van der Waals surface area (Å²) in [5, 5.41) is 28.5. The highest BCUT2D eigenvalue weighted by Gasteiger charge is 2.45. The monoisotopic (exact) mass is 846 g/mol. The van der Waals surface area contributed by atoms with Gasteiger partial charge in [-0.1, -0.05) is 121 Å². The third-order valence-electron chi connectivity index (χ3n) is 9.93. The lowest BCUT2D eigenvalue weighted by molar-refractivity contribution is -0.485. The predicted octanol–water partition coefficient (Wildman–Crippen LogP) is 4.94. The van der Waals surface area contributed by atoms with Crippen molar-refractivity contribution in [2.24, 2.45) is 15.9 Å². The number of urea groups is 1. The number of nitrogens with zero attached hydrogens (tertiary/aromatic N) is 4. The summed E-state index contributed by atoms with van der Waals surface area (Å²) in [4.78, 5) is 68.0. The molecule has 0 aliphatic carbocycles. The van der Waals surface area contributed by atoms with Crippen molar-refractivity contribution in [3.63, 3.8) is 0 Å². The third kappa shape index (κ3) is 14.2. The van der Waals surface area contributed by atoms with E-state index in [0.717, 1.165) is 22.3 Å². The Labute approximate surface area is 360 Å². The maximum Gasteiger partial charge on any atom is 0.408 e. The zero-order valence-electron chi connectivity index (χ0n) is 35.0. The Balaban J connectivity index is 1.39. The number of nitrogens with two attached hydrogens (primary N) is 1. The van der Waals surface area contributed by atoms with Gasteiger partial charge in [0.25, 0.3) is 5.96 Å². The molecule has 326 valence electrons. The normalized spacial score (nSPS) is 16.3. The van der Waals surface area contributed by atoms with E-state index in [1.165, 1.54) is 11.1 Å². The number of hydrogen-bond acceptors (Lipinski definition) is 8. The lowest BCUT2D eigenvalue weighted by Gasteiger charge is -2.32. The Morgan fingerprint density at radius 3 is 2.03 bits per heavy atom. The van der Waals surface area contributed by atoms with Crippen molar-refractivity contribution < 1.29 is 28.9 Å². The van der Waals surface area contributed by atoms with E-state index in [0.29, 0.717) is 12.8 Å². The molecule has 1 aliphatic heterocycles. The summed E-state index contributed by atoms with van der Waals surface area (Å²) in [5.41, 5.74) is 10.7. The molecule has 5 amide bonds. The fraction of sp³-hybridized carbons (Fsp3) is 0.333. The summed E-state index contributed by atoms with van der Waals surface area (Å²) in [5.74, 6) is -1.74. The van der Waals surface area contributed by atoms with Crippen LogP contribution in [0.5, 0.6) is 0 Å². The van der Waals surface area contributed by atoms with Crippen LogP contribution < -0.4 is 32.4 Å². The molecular weight excluding hydrogens is 793 g/mol. The van der Waals surface area contributed by atoms with Gasteiger partial charge in [0, 0.05) is 31.6 Å². The van der Waals surface area contributed by atoms with Gasteiger partial charge >= 0.3 is 12.1 Å². The van der Waals surface area contributed by atoms with Crippen LogP contribution in [0.2, 0.25) is 0 Å². The zero-order chi connectivity index (χ0) is 44.5. The van der Waals surface area contributed by atoms with Gasteiger partial charge in [-0.05, 0) is 62.3 Å². The second-order valence-corrected chi connectivity index (χ2v) is 15.7. The van der Waals surface area contributed by atoms with Crippen LogP contribution in [0.25, 0.3) is 0 Å². The Morgan fingerprint density at radius 1 is 0.871 bits per heavy atom. The summed E-state index contributed by atoms with van der Waals surface area (Å²) in [6.07, 6.45) is 1.79. The summed E-state index contributed by atoms with van der Waals surface area (Å²) < 4.78 is 5.53. The molecule has 17 heteroatoms. The number of amides is 5. The molecule has 62 heavy (non-hydrogen) atoms. The van der Waals surface area contributed by atoms with Crippen LogP contribution in [0.4, 0.5) is 9.59 Å². The highest BCUT2D eigenvalue weighted by molar-refractivity contribution is 5.94. The molecule has 3 unspecified atom stereocenters. The van der Waals surface area contributed by atoms with Crippen LogP contribution in [-0.4, -0.2) is 82.9 Å². The average Bonchev–Trinajstić information content (AvgIpc) is 3.70. The molecule has 1 heterocycles.